The lowest BCUT2D eigenvalue weighted by atomic mass is 9.89. The van der Waals surface area contributed by atoms with Gasteiger partial charge in [0.15, 0.2) is 35.1 Å². The lowest BCUT2D eigenvalue weighted by Crippen LogP contribution is -2.66. The lowest BCUT2D eigenvalue weighted by Gasteiger charge is -2.41. The topological polar surface area (TPSA) is 577 Å². The van der Waals surface area contributed by atoms with Gasteiger partial charge in [-0.25, -0.2) is 9.59 Å². The molecule has 17 bridgehead atoms. The maximum Gasteiger partial charge on any atom is 0.335 e. The number of carboxylic acids is 2. The van der Waals surface area contributed by atoms with Crippen molar-refractivity contribution in [2.75, 3.05) is 13.7 Å². The molecule has 8 aliphatic heterocycles. The number of nitrogens with one attached hydrogen (secondary N) is 8. The Bertz CT molecular complexity index is 5160. The smallest absolute Gasteiger partial charge is 0.335 e. The quantitative estimate of drug-likeness (QED) is 0.0541. The fraction of sp³-hybridized carbons (Fsp3) is 0.378. The highest BCUT2D eigenvalue weighted by Gasteiger charge is 2.52. The number of likely N-dealkylation sites (N-methyl/N-ethyl adjacent to an activating group) is 1. The fourth-order valence-electron chi connectivity index (χ4n) is 15.1. The van der Waals surface area contributed by atoms with E-state index >= 15 is 24.0 Å². The summed E-state index contributed by atoms with van der Waals surface area (Å²) in [6.45, 7) is 1.09. The Morgan fingerprint density at radius 1 is 0.521 bits per heavy atom. The second-order valence-corrected chi connectivity index (χ2v) is 30.5. The van der Waals surface area contributed by atoms with Gasteiger partial charge in [-0.15, -0.1) is 0 Å². The number of carboxylic acid groups (broad SMARTS) is 2. The molecule has 21 N–H and O–H groups in total. The molecular weight excluding hydrogens is 1630 g/mol. The van der Waals surface area contributed by atoms with Gasteiger partial charge in [-0.1, -0.05) is 105 Å². The Morgan fingerprint density at radius 3 is 1.84 bits per heavy atom. The Morgan fingerprint density at radius 2 is 1.16 bits per heavy atom. The average Bonchev–Trinajstić information content (AvgIpc) is 0.749. The van der Waals surface area contributed by atoms with Crippen LogP contribution in [0.4, 0.5) is 0 Å². The highest BCUT2D eigenvalue weighted by Crippen LogP contribution is 2.50. The van der Waals surface area contributed by atoms with Crippen molar-refractivity contribution in [3.05, 3.63) is 164 Å². The molecule has 0 aromatic heterocycles. The van der Waals surface area contributed by atoms with Gasteiger partial charge in [0.2, 0.25) is 59.7 Å². The molecule has 15 rings (SSSR count). The number of hydrogen-bond donors (Lipinski definition) is 21. The maximum absolute atomic E-state index is 16.7. The number of amides is 7. The third-order valence-corrected chi connectivity index (χ3v) is 22.2. The van der Waals surface area contributed by atoms with E-state index in [-0.39, 0.29) is 40.4 Å². The van der Waals surface area contributed by atoms with Crippen molar-refractivity contribution in [2.24, 2.45) is 0 Å². The molecule has 0 aliphatic carbocycles. The summed E-state index contributed by atoms with van der Waals surface area (Å²) >= 11 is 14.2. The van der Waals surface area contributed by atoms with Gasteiger partial charge in [0.1, 0.15) is 125 Å². The molecule has 2 saturated heterocycles. The van der Waals surface area contributed by atoms with E-state index in [1.807, 2.05) is 0 Å². The number of fused-ring (bicyclic) bond motifs is 14. The van der Waals surface area contributed by atoms with Crippen molar-refractivity contribution in [1.29, 1.82) is 0 Å². The van der Waals surface area contributed by atoms with Gasteiger partial charge >= 0.3 is 11.9 Å². The number of phenols is 4. The highest BCUT2D eigenvalue weighted by atomic mass is 35.5. The molecule has 0 saturated carbocycles. The molecule has 121 heavy (non-hydrogen) atoms. The number of carbonyl (C=O) groups excluding carboxylic acids is 7. The van der Waals surface area contributed by atoms with E-state index in [2.05, 4.69) is 49.5 Å². The third kappa shape index (κ3) is 18.7. The molecule has 7 aromatic rings. The summed E-state index contributed by atoms with van der Waals surface area (Å²) in [5, 5.41) is 167. The number of phenolic OH excluding ortho intramolecular Hbond substituents is 4. The van der Waals surface area contributed by atoms with Crippen LogP contribution in [0.5, 0.6) is 69.0 Å². The molecule has 8 aliphatic rings. The molecule has 8 heterocycles. The molecule has 18 atom stereocenters. The number of halogens is 2. The van der Waals surface area contributed by atoms with Crippen LogP contribution >= 0.6 is 23.2 Å². The summed E-state index contributed by atoms with van der Waals surface area (Å²) in [6.07, 6.45) is -15.2. The first-order chi connectivity index (χ1) is 57.8. The van der Waals surface area contributed by atoms with Crippen LogP contribution in [0.3, 0.4) is 0 Å². The van der Waals surface area contributed by atoms with E-state index in [0.29, 0.717) is 12.8 Å². The number of unbranched alkanes of at least 4 members (excludes halogenated alkanes) is 7. The minimum atomic E-state index is -2.47. The van der Waals surface area contributed by atoms with Crippen LogP contribution in [0.1, 0.15) is 140 Å². The van der Waals surface area contributed by atoms with Crippen molar-refractivity contribution < 1.29 is 143 Å². The summed E-state index contributed by atoms with van der Waals surface area (Å²) < 4.78 is 43.9. The van der Waals surface area contributed by atoms with Crippen LogP contribution < -0.4 is 66.2 Å². The van der Waals surface area contributed by atoms with Gasteiger partial charge in [-0.3, -0.25) is 33.6 Å². The number of aromatic hydroxyl groups is 4. The molecule has 7 aromatic carbocycles. The molecule has 0 unspecified atom stereocenters. The monoisotopic (exact) mass is 1720 g/mol. The normalized spacial score (nSPS) is 26.6. The van der Waals surface area contributed by atoms with E-state index in [4.69, 9.17) is 56.4 Å². The van der Waals surface area contributed by atoms with Crippen molar-refractivity contribution in [3.8, 4) is 80.1 Å². The van der Waals surface area contributed by atoms with Gasteiger partial charge in [-0.2, -0.15) is 0 Å². The number of rotatable bonds is 18. The molecule has 642 valence electrons. The number of carbonyl (C=O) groups is 9. The Balaban J connectivity index is 1.04. The molecule has 7 amide bonds. The van der Waals surface area contributed by atoms with Crippen LogP contribution in [0.2, 0.25) is 10.0 Å². The molecule has 2 fully saturated rings. The first kappa shape index (κ1) is 87.0. The molecule has 0 radical (unpaired) electrons. The van der Waals surface area contributed by atoms with Crippen LogP contribution in [-0.4, -0.2) is 207 Å². The fourth-order valence-corrected chi connectivity index (χ4v) is 15.5. The summed E-state index contributed by atoms with van der Waals surface area (Å²) in [7, 11) is 1.42. The van der Waals surface area contributed by atoms with Crippen molar-refractivity contribution in [2.45, 2.75) is 181 Å². The summed E-state index contributed by atoms with van der Waals surface area (Å²) in [5.41, 5.74) is -3.28. The van der Waals surface area contributed by atoms with E-state index in [9.17, 15) is 85.6 Å². The largest absolute Gasteiger partial charge is 0.508 e. The van der Waals surface area contributed by atoms with Crippen LogP contribution in [0.25, 0.3) is 11.1 Å². The Hall–Kier alpha value is -11.8. The van der Waals surface area contributed by atoms with Crippen molar-refractivity contribution >= 4 is 76.5 Å². The molecule has 39 heteroatoms. The van der Waals surface area contributed by atoms with Crippen LogP contribution in [0.15, 0.2) is 115 Å². The van der Waals surface area contributed by atoms with Crippen LogP contribution in [-0.2, 0) is 59.0 Å². The molecular formula is C82H86Cl2N8O29. The van der Waals surface area contributed by atoms with Crippen molar-refractivity contribution in [1.82, 2.24) is 42.5 Å². The Kier molecular flexibility index (Phi) is 26.6. The maximum atomic E-state index is 16.7. The predicted octanol–water partition coefficient (Wildman–Crippen LogP) is 3.94. The standard InChI is InChI=1S/C82H86Cl2N8O29/c1-3-4-5-6-7-8-9-10-11-55(98)87-64-67(101)69(103)72(80(113)114)121-81(64)120-71-52-26-37-27-53(71)117-49-21-16-36(24-44(49)83)65(99)63-78(110)91-62(79(111)112)42-28-38(94)29-51(118-82-70(104)68(102)66(100)54(32-93)119-82)56(42)41-23-34(14-19-46(41)95)59(75(107)92-63)88-76(108)60(37)89-77(109)61-43-30-40(31-48(97)57(43)84)116-50-25-35(15-20-47(50)96)58(85-2)74(106)86-45(73(105)90-61)22-33-12-17-39(115-52)18-13-33/h12-21,23-31,45,54,58-70,72,81-82,85,93-97,99-104H,3-11,22,32H2,1-2H3,(H,86,106)(H,87,98)(H,88,108)(H,89,109)(H,90,105)(H,91,110)(H,92,107)(H,111,112)(H,113,114)/t45-,54-,58+,59-,60-,61+,62-,63+,64-,65-,66-,67-,68+,69+,70+,72+,81-,82+/m1/s1. The minimum Gasteiger partial charge on any atom is -0.508 e. The number of aliphatic hydroxyl groups excluding tert-OH is 7. The van der Waals surface area contributed by atoms with E-state index in [0.717, 1.165) is 111 Å². The number of aliphatic hydroxyl groups is 7. The molecule has 0 spiro atoms. The first-order valence-electron chi connectivity index (χ1n) is 38.6. The molecule has 37 nitrogen and oxygen atoms in total. The van der Waals surface area contributed by atoms with Crippen molar-refractivity contribution in [3.63, 3.8) is 0 Å². The minimum absolute atomic E-state index is 0.150. The van der Waals surface area contributed by atoms with Crippen LogP contribution in [0, 0.1) is 0 Å². The zero-order valence-corrected chi connectivity index (χ0v) is 65.8. The van der Waals surface area contributed by atoms with Gasteiger partial charge in [0, 0.05) is 47.2 Å². The van der Waals surface area contributed by atoms with E-state index in [1.165, 1.54) is 49.5 Å². The van der Waals surface area contributed by atoms with Gasteiger partial charge < -0.3 is 142 Å². The SMILES string of the molecule is CCCCCCCCCCC(=O)N[C@H]1[C@H](Oc2c3cc4cc2Oc2ccc(cc2Cl)[C@@H](O)[C@@H]2NC(=O)[C@H](NC(=O)[C@@H]4NC(=O)[C@H]4NC(=O)[C@@H](Cc5ccc(cc5)O3)NC(=O)[C@@H](NC)c3ccc(O)c(c3)Oc3cc(O)c(Cl)c4c3)c3ccc(O)c(c3)-c3c(O[C@H]4O[C@H](CO)[C@@H](O)[C@H](O)[C@@H]4O)cc(O)cc3[C@H](C(=O)O)NC2=O)O[C@H](C(=O)O)[C@@H](O)[C@@H]1O. The second-order valence-electron chi connectivity index (χ2n) is 29.8. The summed E-state index contributed by atoms with van der Waals surface area (Å²) in [4.78, 5) is 136. The third-order valence-electron chi connectivity index (χ3n) is 21.5. The number of hydrogen-bond acceptors (Lipinski definition) is 28. The predicted molar refractivity (Wildman–Crippen MR) is 419 cm³/mol. The summed E-state index contributed by atoms with van der Waals surface area (Å²) in [5.74, 6) is -19.5. The zero-order valence-electron chi connectivity index (χ0n) is 64.2. The second kappa shape index (κ2) is 37.0. The number of ether oxygens (including phenoxy) is 7. The van der Waals surface area contributed by atoms with Gasteiger partial charge in [0.25, 0.3) is 0 Å². The van der Waals surface area contributed by atoms with Gasteiger partial charge in [-0.05, 0) is 114 Å². The lowest BCUT2D eigenvalue weighted by molar-refractivity contribution is -0.277. The Labute approximate surface area is 697 Å². The number of aliphatic carboxylic acids is 2. The number of benzene rings is 7. The average molecular weight is 1720 g/mol. The first-order valence-corrected chi connectivity index (χ1v) is 39.3. The summed E-state index contributed by atoms with van der Waals surface area (Å²) in [6, 6.07) is 4.41. The highest BCUT2D eigenvalue weighted by molar-refractivity contribution is 6.33. The van der Waals surface area contributed by atoms with E-state index in [1.54, 1.807) is 0 Å². The van der Waals surface area contributed by atoms with E-state index < -0.39 is 271 Å². The zero-order chi connectivity index (χ0) is 86.7. The van der Waals surface area contributed by atoms with Gasteiger partial charge in [0.05, 0.1) is 16.7 Å².